The van der Waals surface area contributed by atoms with E-state index in [4.69, 9.17) is 4.74 Å². The standard InChI is InChI=1S/C16H18N2O3/c1-5-10-18-12-9-7-6-8-11(12)13(14(18)19)17-15(20)21-16(2,3)4/h5-9H,1,10H2,2-4H3/b17-13-. The van der Waals surface area contributed by atoms with Crippen LogP contribution in [-0.4, -0.2) is 29.9 Å². The van der Waals surface area contributed by atoms with E-state index in [0.717, 1.165) is 5.69 Å². The minimum Gasteiger partial charge on any atom is -0.442 e. The average Bonchev–Trinajstić information content (AvgIpc) is 2.63. The summed E-state index contributed by atoms with van der Waals surface area (Å²) in [6.45, 7) is 9.25. The Morgan fingerprint density at radius 2 is 2.05 bits per heavy atom. The predicted molar refractivity (Wildman–Crippen MR) is 81.8 cm³/mol. The zero-order chi connectivity index (χ0) is 15.6. The molecule has 110 valence electrons. The van der Waals surface area contributed by atoms with E-state index in [2.05, 4.69) is 11.6 Å². The summed E-state index contributed by atoms with van der Waals surface area (Å²) in [6.07, 6.45) is 0.867. The molecule has 2 rings (SSSR count). The highest BCUT2D eigenvalue weighted by Crippen LogP contribution is 2.29. The molecule has 1 aliphatic rings. The Hall–Kier alpha value is -2.43. The molecular formula is C16H18N2O3. The van der Waals surface area contributed by atoms with Gasteiger partial charge in [0.2, 0.25) is 0 Å². The summed E-state index contributed by atoms with van der Waals surface area (Å²) in [7, 11) is 0. The number of carbonyl (C=O) groups excluding carboxylic acids is 2. The number of para-hydroxylation sites is 1. The van der Waals surface area contributed by atoms with E-state index in [-0.39, 0.29) is 11.6 Å². The molecule has 1 aliphatic heterocycles. The van der Waals surface area contributed by atoms with Gasteiger partial charge in [0.05, 0.1) is 5.69 Å². The number of amides is 2. The van der Waals surface area contributed by atoms with Crippen molar-refractivity contribution in [2.24, 2.45) is 4.99 Å². The first-order chi connectivity index (χ1) is 9.83. The van der Waals surface area contributed by atoms with Crippen LogP contribution in [0.4, 0.5) is 10.5 Å². The van der Waals surface area contributed by atoms with E-state index < -0.39 is 11.7 Å². The van der Waals surface area contributed by atoms with Gasteiger partial charge in [0.1, 0.15) is 11.3 Å². The van der Waals surface area contributed by atoms with Gasteiger partial charge in [-0.2, -0.15) is 4.99 Å². The second kappa shape index (κ2) is 5.52. The Morgan fingerprint density at radius 3 is 2.67 bits per heavy atom. The fraction of sp³-hybridized carbons (Fsp3) is 0.312. The molecule has 0 saturated heterocycles. The average molecular weight is 286 g/mol. The Labute approximate surface area is 123 Å². The number of anilines is 1. The lowest BCUT2D eigenvalue weighted by Gasteiger charge is -2.17. The Kier molecular flexibility index (Phi) is 3.93. The van der Waals surface area contributed by atoms with E-state index in [0.29, 0.717) is 12.1 Å². The van der Waals surface area contributed by atoms with Gasteiger partial charge in [-0.25, -0.2) is 4.79 Å². The molecule has 1 aromatic carbocycles. The van der Waals surface area contributed by atoms with Crippen LogP contribution in [0.5, 0.6) is 0 Å². The molecular weight excluding hydrogens is 268 g/mol. The largest absolute Gasteiger partial charge is 0.442 e. The maximum absolute atomic E-state index is 12.4. The molecule has 5 nitrogen and oxygen atoms in total. The summed E-state index contributed by atoms with van der Waals surface area (Å²) in [4.78, 5) is 29.6. The summed E-state index contributed by atoms with van der Waals surface area (Å²) in [5, 5.41) is 0. The van der Waals surface area contributed by atoms with Crippen LogP contribution in [0.3, 0.4) is 0 Å². The molecule has 5 heteroatoms. The summed E-state index contributed by atoms with van der Waals surface area (Å²) in [5.41, 5.74) is 0.824. The van der Waals surface area contributed by atoms with E-state index in [1.807, 2.05) is 12.1 Å². The van der Waals surface area contributed by atoms with Crippen molar-refractivity contribution in [2.45, 2.75) is 26.4 Å². The van der Waals surface area contributed by atoms with Crippen LogP contribution in [0.25, 0.3) is 0 Å². The van der Waals surface area contributed by atoms with Gasteiger partial charge in [0.15, 0.2) is 0 Å². The molecule has 1 aromatic rings. The number of nitrogens with zero attached hydrogens (tertiary/aromatic N) is 2. The topological polar surface area (TPSA) is 59.0 Å². The normalized spacial score (nSPS) is 16.0. The molecule has 0 saturated carbocycles. The summed E-state index contributed by atoms with van der Waals surface area (Å²) in [5.74, 6) is -0.318. The third kappa shape index (κ3) is 3.18. The van der Waals surface area contributed by atoms with Crippen LogP contribution in [-0.2, 0) is 9.53 Å². The fourth-order valence-electron chi connectivity index (χ4n) is 2.06. The van der Waals surface area contributed by atoms with Crippen LogP contribution in [0.1, 0.15) is 26.3 Å². The number of benzene rings is 1. The van der Waals surface area contributed by atoms with Gasteiger partial charge in [-0.05, 0) is 26.8 Å². The van der Waals surface area contributed by atoms with Gasteiger partial charge in [0.25, 0.3) is 5.91 Å². The molecule has 0 unspecified atom stereocenters. The minimum absolute atomic E-state index is 0.113. The van der Waals surface area contributed by atoms with Crippen LogP contribution in [0.15, 0.2) is 41.9 Å². The maximum atomic E-state index is 12.4. The van der Waals surface area contributed by atoms with Gasteiger partial charge < -0.3 is 9.64 Å². The highest BCUT2D eigenvalue weighted by Gasteiger charge is 2.34. The third-order valence-corrected chi connectivity index (χ3v) is 2.81. The second-order valence-corrected chi connectivity index (χ2v) is 5.66. The zero-order valence-electron chi connectivity index (χ0n) is 12.4. The lowest BCUT2D eigenvalue weighted by Crippen LogP contribution is -2.31. The van der Waals surface area contributed by atoms with Crippen molar-refractivity contribution in [1.82, 2.24) is 0 Å². The third-order valence-electron chi connectivity index (χ3n) is 2.81. The van der Waals surface area contributed by atoms with E-state index >= 15 is 0 Å². The molecule has 2 amide bonds. The first-order valence-corrected chi connectivity index (χ1v) is 6.67. The summed E-state index contributed by atoms with van der Waals surface area (Å²) < 4.78 is 5.14. The SMILES string of the molecule is C=CCN1C(=O)/C(=N\C(=O)OC(C)(C)C)c2ccccc21. The molecule has 21 heavy (non-hydrogen) atoms. The molecule has 0 N–H and O–H groups in total. The molecule has 0 aromatic heterocycles. The number of hydrogen-bond acceptors (Lipinski definition) is 3. The van der Waals surface area contributed by atoms with Crippen molar-refractivity contribution in [3.05, 3.63) is 42.5 Å². The summed E-state index contributed by atoms with van der Waals surface area (Å²) >= 11 is 0. The number of aliphatic imine (C=N–C) groups is 1. The van der Waals surface area contributed by atoms with Crippen molar-refractivity contribution in [3.8, 4) is 0 Å². The zero-order valence-corrected chi connectivity index (χ0v) is 12.4. The summed E-state index contributed by atoms with van der Waals surface area (Å²) in [6, 6.07) is 7.21. The highest BCUT2D eigenvalue weighted by atomic mass is 16.6. The Bertz CT molecular complexity index is 627. The van der Waals surface area contributed by atoms with Crippen molar-refractivity contribution < 1.29 is 14.3 Å². The van der Waals surface area contributed by atoms with Crippen molar-refractivity contribution in [1.29, 1.82) is 0 Å². The lowest BCUT2D eigenvalue weighted by atomic mass is 10.1. The Morgan fingerprint density at radius 1 is 1.38 bits per heavy atom. The second-order valence-electron chi connectivity index (χ2n) is 5.66. The van der Waals surface area contributed by atoms with Crippen LogP contribution in [0.2, 0.25) is 0 Å². The van der Waals surface area contributed by atoms with Gasteiger partial charge in [-0.3, -0.25) is 4.79 Å². The molecule has 0 fully saturated rings. The number of carbonyl (C=O) groups is 2. The number of ether oxygens (including phenoxy) is 1. The molecule has 1 heterocycles. The van der Waals surface area contributed by atoms with Gasteiger partial charge in [-0.15, -0.1) is 6.58 Å². The number of rotatable bonds is 2. The van der Waals surface area contributed by atoms with Gasteiger partial charge in [-0.1, -0.05) is 24.3 Å². The van der Waals surface area contributed by atoms with Gasteiger partial charge >= 0.3 is 6.09 Å². The van der Waals surface area contributed by atoms with Crippen molar-refractivity contribution in [2.75, 3.05) is 11.4 Å². The molecule has 0 radical (unpaired) electrons. The first kappa shape index (κ1) is 15.0. The van der Waals surface area contributed by atoms with E-state index in [1.165, 1.54) is 4.90 Å². The van der Waals surface area contributed by atoms with Crippen LogP contribution in [0, 0.1) is 0 Å². The molecule has 0 aliphatic carbocycles. The molecule has 0 atom stereocenters. The van der Waals surface area contributed by atoms with E-state index in [9.17, 15) is 9.59 Å². The van der Waals surface area contributed by atoms with E-state index in [1.54, 1.807) is 39.0 Å². The van der Waals surface area contributed by atoms with Gasteiger partial charge in [0, 0.05) is 12.1 Å². The quantitative estimate of drug-likeness (QED) is 0.785. The first-order valence-electron chi connectivity index (χ1n) is 6.67. The molecule has 0 spiro atoms. The Balaban J connectivity index is 2.38. The minimum atomic E-state index is -0.763. The maximum Gasteiger partial charge on any atom is 0.434 e. The molecule has 0 bridgehead atoms. The van der Waals surface area contributed by atoms with Crippen molar-refractivity contribution >= 4 is 23.4 Å². The predicted octanol–water partition coefficient (Wildman–Crippen LogP) is 2.94. The monoisotopic (exact) mass is 286 g/mol. The van der Waals surface area contributed by atoms with Crippen molar-refractivity contribution in [3.63, 3.8) is 0 Å². The number of fused-ring (bicyclic) bond motifs is 1. The highest BCUT2D eigenvalue weighted by molar-refractivity contribution is 6.55. The van der Waals surface area contributed by atoms with Crippen LogP contribution >= 0.6 is 0 Å². The van der Waals surface area contributed by atoms with Crippen LogP contribution < -0.4 is 4.90 Å². The number of hydrogen-bond donors (Lipinski definition) is 0. The lowest BCUT2D eigenvalue weighted by molar-refractivity contribution is -0.112. The smallest absolute Gasteiger partial charge is 0.434 e. The fourth-order valence-corrected chi connectivity index (χ4v) is 2.06.